The Balaban J connectivity index is 1.36. The first-order chi connectivity index (χ1) is 18.6. The van der Waals surface area contributed by atoms with Gasteiger partial charge in [0.25, 0.3) is 0 Å². The van der Waals surface area contributed by atoms with E-state index < -0.39 is 0 Å². The Kier molecular flexibility index (Phi) is 7.30. The minimum absolute atomic E-state index is 0.0833. The van der Waals surface area contributed by atoms with Gasteiger partial charge in [0, 0.05) is 45.3 Å². The van der Waals surface area contributed by atoms with Gasteiger partial charge in [-0.2, -0.15) is 4.98 Å². The molecule has 0 amide bonds. The molecule has 2 aromatic carbocycles. The Labute approximate surface area is 230 Å². The van der Waals surface area contributed by atoms with Crippen LogP contribution in [0.4, 0.5) is 11.6 Å². The summed E-state index contributed by atoms with van der Waals surface area (Å²) in [6, 6.07) is 14.4. The number of hydrogen-bond acceptors (Lipinski definition) is 7. The molecule has 0 radical (unpaired) electrons. The molecule has 3 heterocycles. The van der Waals surface area contributed by atoms with E-state index in [0.29, 0.717) is 12.2 Å². The molecule has 1 aliphatic heterocycles. The zero-order valence-corrected chi connectivity index (χ0v) is 23.9. The van der Waals surface area contributed by atoms with Crippen molar-refractivity contribution in [1.29, 1.82) is 0 Å². The molecule has 0 unspecified atom stereocenters. The lowest BCUT2D eigenvalue weighted by molar-refractivity contribution is 0.0526. The van der Waals surface area contributed by atoms with Crippen LogP contribution in [-0.4, -0.2) is 58.3 Å². The molecular weight excluding hydrogens is 488 g/mol. The maximum Gasteiger partial charge on any atom is 0.338 e. The highest BCUT2D eigenvalue weighted by Gasteiger charge is 2.23. The monoisotopic (exact) mass is 526 g/mol. The highest BCUT2D eigenvalue weighted by molar-refractivity contribution is 5.89. The number of piperazine rings is 1. The number of esters is 1. The number of fused-ring (bicyclic) bond motifs is 1. The van der Waals surface area contributed by atoms with E-state index in [1.54, 1.807) is 0 Å². The van der Waals surface area contributed by atoms with E-state index in [2.05, 4.69) is 60.7 Å². The van der Waals surface area contributed by atoms with Gasteiger partial charge in [-0.1, -0.05) is 39.0 Å². The van der Waals surface area contributed by atoms with Crippen molar-refractivity contribution in [1.82, 2.24) is 19.5 Å². The standard InChI is InChI=1S/C31H38N6O2/c1-7-39-29(38)22-9-12-25(13-10-22)36-14-16-37(17-15-36)30-33-26(27-28(34-30)32-20-35(27)6)19-23-18-24(31(3,4)5)11-8-21(23)2/h8-13,18,20H,7,14-17,19H2,1-6H3. The molecule has 1 fully saturated rings. The van der Waals surface area contributed by atoms with E-state index in [-0.39, 0.29) is 11.4 Å². The largest absolute Gasteiger partial charge is 0.462 e. The summed E-state index contributed by atoms with van der Waals surface area (Å²) in [5, 5.41) is 0. The van der Waals surface area contributed by atoms with E-state index in [1.165, 1.54) is 16.7 Å². The fraction of sp³-hybridized carbons (Fsp3) is 0.419. The number of ether oxygens (including phenoxy) is 1. The molecule has 0 atom stereocenters. The fourth-order valence-electron chi connectivity index (χ4n) is 5.09. The molecule has 0 bridgehead atoms. The van der Waals surface area contributed by atoms with Gasteiger partial charge in [0.15, 0.2) is 5.65 Å². The summed E-state index contributed by atoms with van der Waals surface area (Å²) in [6.45, 7) is 14.4. The molecule has 1 saturated heterocycles. The van der Waals surface area contributed by atoms with Crippen molar-refractivity contribution in [3.8, 4) is 0 Å². The van der Waals surface area contributed by atoms with Gasteiger partial charge < -0.3 is 19.1 Å². The molecule has 1 aliphatic rings. The van der Waals surface area contributed by atoms with Crippen LogP contribution in [0, 0.1) is 6.92 Å². The van der Waals surface area contributed by atoms with E-state index in [9.17, 15) is 4.79 Å². The van der Waals surface area contributed by atoms with Crippen LogP contribution in [0.5, 0.6) is 0 Å². The number of aromatic nitrogens is 4. The van der Waals surface area contributed by atoms with Crippen molar-refractivity contribution in [3.63, 3.8) is 0 Å². The average molecular weight is 527 g/mol. The van der Waals surface area contributed by atoms with Gasteiger partial charge in [-0.25, -0.2) is 14.8 Å². The van der Waals surface area contributed by atoms with E-state index >= 15 is 0 Å². The summed E-state index contributed by atoms with van der Waals surface area (Å²) < 4.78 is 7.13. The normalized spacial score (nSPS) is 14.2. The van der Waals surface area contributed by atoms with Gasteiger partial charge in [-0.05, 0) is 60.2 Å². The quantitative estimate of drug-likeness (QED) is 0.325. The first kappa shape index (κ1) is 26.7. The Morgan fingerprint density at radius 1 is 0.974 bits per heavy atom. The van der Waals surface area contributed by atoms with E-state index in [1.807, 2.05) is 49.1 Å². The van der Waals surface area contributed by atoms with Gasteiger partial charge in [0.05, 0.1) is 24.2 Å². The Morgan fingerprint density at radius 3 is 2.33 bits per heavy atom. The van der Waals surface area contributed by atoms with Crippen LogP contribution in [0.2, 0.25) is 0 Å². The SMILES string of the molecule is CCOC(=O)c1ccc(N2CCN(c3nc(Cc4cc(C(C)(C)C)ccc4C)c4c(ncn4C)n3)CC2)cc1. The van der Waals surface area contributed by atoms with Crippen LogP contribution >= 0.6 is 0 Å². The first-order valence-electron chi connectivity index (χ1n) is 13.7. The van der Waals surface area contributed by atoms with E-state index in [4.69, 9.17) is 14.7 Å². The van der Waals surface area contributed by atoms with Gasteiger partial charge >= 0.3 is 5.97 Å². The fourth-order valence-corrected chi connectivity index (χ4v) is 5.09. The zero-order valence-electron chi connectivity index (χ0n) is 23.9. The number of benzene rings is 2. The predicted molar refractivity (Wildman–Crippen MR) is 156 cm³/mol. The Morgan fingerprint density at radius 2 is 1.67 bits per heavy atom. The molecule has 8 nitrogen and oxygen atoms in total. The number of nitrogens with zero attached hydrogens (tertiary/aromatic N) is 6. The highest BCUT2D eigenvalue weighted by atomic mass is 16.5. The number of anilines is 2. The first-order valence-corrected chi connectivity index (χ1v) is 13.7. The highest BCUT2D eigenvalue weighted by Crippen LogP contribution is 2.28. The number of carbonyl (C=O) groups is 1. The van der Waals surface area contributed by atoms with Crippen molar-refractivity contribution in [2.45, 2.75) is 46.5 Å². The van der Waals surface area contributed by atoms with Crippen LogP contribution in [0.15, 0.2) is 48.8 Å². The van der Waals surface area contributed by atoms with Crippen molar-refractivity contribution in [2.24, 2.45) is 7.05 Å². The van der Waals surface area contributed by atoms with E-state index in [0.717, 1.165) is 61.1 Å². The van der Waals surface area contributed by atoms with Crippen LogP contribution in [0.3, 0.4) is 0 Å². The smallest absolute Gasteiger partial charge is 0.338 e. The minimum atomic E-state index is -0.285. The average Bonchev–Trinajstić information content (AvgIpc) is 3.30. The van der Waals surface area contributed by atoms with Gasteiger partial charge in [-0.15, -0.1) is 0 Å². The number of imidazole rings is 1. The minimum Gasteiger partial charge on any atom is -0.462 e. The topological polar surface area (TPSA) is 76.4 Å². The molecule has 0 aliphatic carbocycles. The molecule has 5 rings (SSSR count). The van der Waals surface area contributed by atoms with Crippen molar-refractivity contribution in [3.05, 3.63) is 76.7 Å². The lowest BCUT2D eigenvalue weighted by Crippen LogP contribution is -2.47. The van der Waals surface area contributed by atoms with Crippen LogP contribution in [0.25, 0.3) is 11.2 Å². The van der Waals surface area contributed by atoms with Crippen molar-refractivity contribution < 1.29 is 9.53 Å². The van der Waals surface area contributed by atoms with Crippen LogP contribution < -0.4 is 9.80 Å². The molecule has 39 heavy (non-hydrogen) atoms. The molecule has 4 aromatic rings. The van der Waals surface area contributed by atoms with Crippen molar-refractivity contribution >= 4 is 28.8 Å². The summed E-state index contributed by atoms with van der Waals surface area (Å²) in [5.41, 5.74) is 8.35. The maximum absolute atomic E-state index is 12.0. The number of rotatable bonds is 6. The lowest BCUT2D eigenvalue weighted by Gasteiger charge is -2.36. The summed E-state index contributed by atoms with van der Waals surface area (Å²) in [6.07, 6.45) is 2.55. The Hall–Kier alpha value is -3.94. The third kappa shape index (κ3) is 5.60. The lowest BCUT2D eigenvalue weighted by atomic mass is 9.84. The van der Waals surface area contributed by atoms with Crippen molar-refractivity contribution in [2.75, 3.05) is 42.6 Å². The third-order valence-corrected chi connectivity index (χ3v) is 7.51. The summed E-state index contributed by atoms with van der Waals surface area (Å²) in [7, 11) is 2.01. The third-order valence-electron chi connectivity index (χ3n) is 7.51. The Bertz CT molecular complexity index is 1480. The number of aryl methyl sites for hydroxylation is 2. The summed E-state index contributed by atoms with van der Waals surface area (Å²) in [5.74, 6) is 0.449. The molecule has 0 spiro atoms. The maximum atomic E-state index is 12.0. The molecular formula is C31H38N6O2. The second kappa shape index (κ2) is 10.7. The summed E-state index contributed by atoms with van der Waals surface area (Å²) >= 11 is 0. The molecule has 8 heteroatoms. The second-order valence-corrected chi connectivity index (χ2v) is 11.3. The predicted octanol–water partition coefficient (Wildman–Crippen LogP) is 5.06. The van der Waals surface area contributed by atoms with Gasteiger partial charge in [0.1, 0.15) is 5.52 Å². The number of carbonyl (C=O) groups excluding carboxylic acids is 1. The summed E-state index contributed by atoms with van der Waals surface area (Å²) in [4.78, 5) is 31.1. The van der Waals surface area contributed by atoms with Gasteiger partial charge in [-0.3, -0.25) is 0 Å². The van der Waals surface area contributed by atoms with Crippen LogP contribution in [0.1, 0.15) is 60.4 Å². The second-order valence-electron chi connectivity index (χ2n) is 11.3. The van der Waals surface area contributed by atoms with Crippen LogP contribution in [-0.2, 0) is 23.6 Å². The molecule has 0 saturated carbocycles. The molecule has 2 aromatic heterocycles. The molecule has 204 valence electrons. The number of hydrogen-bond donors (Lipinski definition) is 0. The zero-order chi connectivity index (χ0) is 27.7. The van der Waals surface area contributed by atoms with Gasteiger partial charge in [0.2, 0.25) is 5.95 Å². The molecule has 0 N–H and O–H groups in total.